The van der Waals surface area contributed by atoms with Gasteiger partial charge in [0.1, 0.15) is 12.4 Å². The van der Waals surface area contributed by atoms with Gasteiger partial charge in [0.2, 0.25) is 5.91 Å². The summed E-state index contributed by atoms with van der Waals surface area (Å²) in [7, 11) is 0. The first-order chi connectivity index (χ1) is 21.0. The fourth-order valence-electron chi connectivity index (χ4n) is 5.76. The van der Waals surface area contributed by atoms with Gasteiger partial charge in [-0.1, -0.05) is 62.4 Å². The van der Waals surface area contributed by atoms with Crippen molar-refractivity contribution in [3.63, 3.8) is 0 Å². The molecule has 0 saturated carbocycles. The minimum Gasteiger partial charge on any atom is -0.489 e. The number of rotatable bonds is 10. The van der Waals surface area contributed by atoms with Crippen LogP contribution < -0.4 is 9.64 Å². The Hall–Kier alpha value is -4.78. The molecule has 1 atom stereocenters. The number of carbonyl (C=O) groups is 1. The van der Waals surface area contributed by atoms with Gasteiger partial charge in [-0.25, -0.2) is 0 Å². The molecular weight excluding hydrogens is 534 g/mol. The smallest absolute Gasteiger partial charge is 0.234 e. The monoisotopic (exact) mass is 571 g/mol. The van der Waals surface area contributed by atoms with Crippen molar-refractivity contribution in [1.82, 2.24) is 19.7 Å². The molecule has 0 radical (unpaired) electrons. The Kier molecular flexibility index (Phi) is 8.59. The van der Waals surface area contributed by atoms with E-state index in [-0.39, 0.29) is 11.8 Å². The van der Waals surface area contributed by atoms with E-state index in [0.717, 1.165) is 64.2 Å². The molecule has 1 aliphatic carbocycles. The number of hydrogen-bond acceptors (Lipinski definition) is 5. The van der Waals surface area contributed by atoms with E-state index in [1.54, 1.807) is 6.20 Å². The van der Waals surface area contributed by atoms with E-state index in [4.69, 9.17) is 9.72 Å². The largest absolute Gasteiger partial charge is 0.489 e. The van der Waals surface area contributed by atoms with Crippen LogP contribution in [0.2, 0.25) is 0 Å². The van der Waals surface area contributed by atoms with E-state index in [0.29, 0.717) is 25.6 Å². The summed E-state index contributed by atoms with van der Waals surface area (Å²) < 4.78 is 8.19. The Morgan fingerprint density at radius 1 is 0.953 bits per heavy atom. The number of hydrogen-bond donors (Lipinski definition) is 0. The van der Waals surface area contributed by atoms with Crippen molar-refractivity contribution in [2.45, 2.75) is 64.6 Å². The van der Waals surface area contributed by atoms with Gasteiger partial charge in [0, 0.05) is 29.8 Å². The first-order valence-electron chi connectivity index (χ1n) is 15.0. The molecule has 1 aliphatic rings. The SMILES string of the molecule is CC(C)c1ccc(N(Cc2cnn(Cc3cccnc3)c2)C(=O)C2CCCc3c(OCc4ccccc4)cccc32)cn1. The molecule has 1 amide bonds. The number of pyridine rings is 2. The van der Waals surface area contributed by atoms with Crippen LogP contribution in [0.3, 0.4) is 0 Å². The summed E-state index contributed by atoms with van der Waals surface area (Å²) in [4.78, 5) is 25.3. The summed E-state index contributed by atoms with van der Waals surface area (Å²) >= 11 is 0. The van der Waals surface area contributed by atoms with Crippen LogP contribution >= 0.6 is 0 Å². The lowest BCUT2D eigenvalue weighted by atomic mass is 9.81. The molecule has 0 spiro atoms. The van der Waals surface area contributed by atoms with Gasteiger partial charge >= 0.3 is 0 Å². The maximum absolute atomic E-state index is 14.5. The average molecular weight is 572 g/mol. The summed E-state index contributed by atoms with van der Waals surface area (Å²) in [6.07, 6.45) is 11.9. The number of anilines is 1. The first kappa shape index (κ1) is 28.3. The summed E-state index contributed by atoms with van der Waals surface area (Å²) in [5.74, 6) is 0.980. The van der Waals surface area contributed by atoms with Crippen LogP contribution in [0.15, 0.2) is 104 Å². The highest BCUT2D eigenvalue weighted by Gasteiger charge is 2.32. The zero-order valence-electron chi connectivity index (χ0n) is 24.8. The van der Waals surface area contributed by atoms with Gasteiger partial charge in [0.05, 0.1) is 37.1 Å². The van der Waals surface area contributed by atoms with Crippen LogP contribution in [-0.2, 0) is 30.9 Å². The fourth-order valence-corrected chi connectivity index (χ4v) is 5.76. The van der Waals surface area contributed by atoms with E-state index in [1.165, 1.54) is 0 Å². The average Bonchev–Trinajstić information content (AvgIpc) is 3.49. The quantitative estimate of drug-likeness (QED) is 0.179. The second kappa shape index (κ2) is 13.0. The van der Waals surface area contributed by atoms with Gasteiger partial charge in [0.25, 0.3) is 0 Å². The predicted molar refractivity (Wildman–Crippen MR) is 168 cm³/mol. The highest BCUT2D eigenvalue weighted by atomic mass is 16.5. The van der Waals surface area contributed by atoms with Crippen LogP contribution in [0.5, 0.6) is 5.75 Å². The molecule has 6 rings (SSSR count). The Labute approximate surface area is 253 Å². The number of nitrogens with zero attached hydrogens (tertiary/aromatic N) is 5. The highest BCUT2D eigenvalue weighted by Crippen LogP contribution is 2.39. The van der Waals surface area contributed by atoms with E-state index < -0.39 is 0 Å². The van der Waals surface area contributed by atoms with Crippen molar-refractivity contribution in [2.24, 2.45) is 0 Å². The number of fused-ring (bicyclic) bond motifs is 1. The third-order valence-electron chi connectivity index (χ3n) is 8.03. The fraction of sp³-hybridized carbons (Fsp3) is 0.278. The van der Waals surface area contributed by atoms with Gasteiger partial charge in [-0.05, 0) is 71.7 Å². The molecule has 43 heavy (non-hydrogen) atoms. The second-order valence-corrected chi connectivity index (χ2v) is 11.5. The van der Waals surface area contributed by atoms with Crippen LogP contribution in [0.4, 0.5) is 5.69 Å². The Balaban J connectivity index is 1.27. The minimum absolute atomic E-state index is 0.0697. The number of aromatic nitrogens is 4. The molecule has 7 nitrogen and oxygen atoms in total. The Morgan fingerprint density at radius 2 is 1.81 bits per heavy atom. The molecule has 7 heteroatoms. The van der Waals surface area contributed by atoms with Gasteiger partial charge < -0.3 is 9.64 Å². The predicted octanol–water partition coefficient (Wildman–Crippen LogP) is 7.08. The summed E-state index contributed by atoms with van der Waals surface area (Å²) in [6.45, 7) is 5.77. The number of carbonyl (C=O) groups excluding carboxylic acids is 1. The lowest BCUT2D eigenvalue weighted by Crippen LogP contribution is -2.36. The molecule has 3 heterocycles. The van der Waals surface area contributed by atoms with Gasteiger partial charge in [-0.3, -0.25) is 19.4 Å². The van der Waals surface area contributed by atoms with E-state index in [1.807, 2.05) is 89.0 Å². The summed E-state index contributed by atoms with van der Waals surface area (Å²) in [5, 5.41) is 4.58. The van der Waals surface area contributed by atoms with Crippen LogP contribution in [0.25, 0.3) is 0 Å². The summed E-state index contributed by atoms with van der Waals surface area (Å²) in [5.41, 5.74) is 7.15. The topological polar surface area (TPSA) is 73.1 Å². The summed E-state index contributed by atoms with van der Waals surface area (Å²) in [6, 6.07) is 24.3. The van der Waals surface area contributed by atoms with Crippen molar-refractivity contribution >= 4 is 11.6 Å². The molecule has 0 saturated heterocycles. The molecule has 0 aliphatic heterocycles. The van der Waals surface area contributed by atoms with E-state index in [9.17, 15) is 4.79 Å². The molecule has 0 bridgehead atoms. The zero-order valence-corrected chi connectivity index (χ0v) is 24.8. The maximum atomic E-state index is 14.5. The molecule has 0 N–H and O–H groups in total. The van der Waals surface area contributed by atoms with E-state index in [2.05, 4.69) is 42.1 Å². The lowest BCUT2D eigenvalue weighted by molar-refractivity contribution is -0.120. The standard InChI is InChI=1S/C36H37N5O2/c1-26(2)34-17-16-30(21-38-34)41(24-29-20-39-40(23-29)22-28-11-8-18-37-19-28)36(42)33-14-6-13-32-31(33)12-7-15-35(32)43-25-27-9-4-3-5-10-27/h3-5,7-12,15-21,23,26,33H,6,13-14,22,24-25H2,1-2H3. The second-order valence-electron chi connectivity index (χ2n) is 11.5. The molecule has 3 aromatic heterocycles. The zero-order chi connectivity index (χ0) is 29.6. The minimum atomic E-state index is -0.265. The third-order valence-corrected chi connectivity index (χ3v) is 8.03. The van der Waals surface area contributed by atoms with Gasteiger partial charge in [0.15, 0.2) is 0 Å². The van der Waals surface area contributed by atoms with Crippen molar-refractivity contribution in [2.75, 3.05) is 4.90 Å². The van der Waals surface area contributed by atoms with Gasteiger partial charge in [-0.15, -0.1) is 0 Å². The number of ether oxygens (including phenoxy) is 1. The third kappa shape index (κ3) is 6.67. The Morgan fingerprint density at radius 3 is 2.58 bits per heavy atom. The van der Waals surface area contributed by atoms with Crippen molar-refractivity contribution in [1.29, 1.82) is 0 Å². The Bertz CT molecular complexity index is 1650. The normalized spacial score (nSPS) is 14.3. The maximum Gasteiger partial charge on any atom is 0.234 e. The number of amides is 1. The van der Waals surface area contributed by atoms with Crippen LogP contribution in [-0.4, -0.2) is 25.7 Å². The van der Waals surface area contributed by atoms with Crippen molar-refractivity contribution < 1.29 is 9.53 Å². The van der Waals surface area contributed by atoms with Crippen molar-refractivity contribution in [3.8, 4) is 5.75 Å². The highest BCUT2D eigenvalue weighted by molar-refractivity contribution is 5.98. The first-order valence-corrected chi connectivity index (χ1v) is 15.0. The van der Waals surface area contributed by atoms with Crippen LogP contribution in [0, 0.1) is 0 Å². The van der Waals surface area contributed by atoms with Crippen molar-refractivity contribution in [3.05, 3.63) is 137 Å². The van der Waals surface area contributed by atoms with Gasteiger partial charge in [-0.2, -0.15) is 5.10 Å². The molecule has 1 unspecified atom stereocenters. The molecule has 218 valence electrons. The van der Waals surface area contributed by atoms with Crippen LogP contribution in [0.1, 0.15) is 72.0 Å². The number of benzene rings is 2. The molecular formula is C36H37N5O2. The molecule has 2 aromatic carbocycles. The van der Waals surface area contributed by atoms with E-state index >= 15 is 0 Å². The lowest BCUT2D eigenvalue weighted by Gasteiger charge is -2.31. The molecule has 0 fully saturated rings. The molecule has 5 aromatic rings.